The first kappa shape index (κ1) is 15.4. The maximum absolute atomic E-state index is 13.5. The third-order valence-electron chi connectivity index (χ3n) is 3.10. The summed E-state index contributed by atoms with van der Waals surface area (Å²) < 4.78 is 63.6. The Balaban J connectivity index is 2.18. The van der Waals surface area contributed by atoms with Gasteiger partial charge in [0, 0.05) is 6.04 Å². The van der Waals surface area contributed by atoms with E-state index in [1.54, 1.807) is 0 Å². The molecule has 21 heavy (non-hydrogen) atoms. The SMILES string of the molecule is NC(Cc1ccc(F)cc1)c1ccc(C(F)(F)F)c(F)c1. The molecule has 0 spiro atoms. The number of alkyl halides is 3. The Labute approximate surface area is 118 Å². The standard InChI is InChI=1S/C15H12F5N/c16-11-4-1-9(2-5-11)7-14(21)10-3-6-12(13(17)8-10)15(18,19)20/h1-6,8,14H,7,21H2. The van der Waals surface area contributed by atoms with Crippen LogP contribution >= 0.6 is 0 Å². The second-order valence-electron chi connectivity index (χ2n) is 4.67. The van der Waals surface area contributed by atoms with Crippen LogP contribution in [0.2, 0.25) is 0 Å². The van der Waals surface area contributed by atoms with E-state index in [9.17, 15) is 22.0 Å². The van der Waals surface area contributed by atoms with E-state index in [0.29, 0.717) is 11.6 Å². The summed E-state index contributed by atoms with van der Waals surface area (Å²) in [7, 11) is 0. The van der Waals surface area contributed by atoms with Gasteiger partial charge in [0.25, 0.3) is 0 Å². The molecule has 0 amide bonds. The van der Waals surface area contributed by atoms with Gasteiger partial charge in [0.1, 0.15) is 11.6 Å². The lowest BCUT2D eigenvalue weighted by Gasteiger charge is -2.14. The molecule has 0 radical (unpaired) electrons. The van der Waals surface area contributed by atoms with Gasteiger partial charge in [-0.2, -0.15) is 13.2 Å². The van der Waals surface area contributed by atoms with Crippen LogP contribution in [-0.2, 0) is 12.6 Å². The first-order chi connectivity index (χ1) is 9.77. The van der Waals surface area contributed by atoms with E-state index in [1.165, 1.54) is 24.3 Å². The van der Waals surface area contributed by atoms with Gasteiger partial charge in [0.05, 0.1) is 5.56 Å². The summed E-state index contributed by atoms with van der Waals surface area (Å²) in [4.78, 5) is 0. The van der Waals surface area contributed by atoms with Crippen molar-refractivity contribution in [2.45, 2.75) is 18.6 Å². The fourth-order valence-corrected chi connectivity index (χ4v) is 1.98. The van der Waals surface area contributed by atoms with Crippen molar-refractivity contribution >= 4 is 0 Å². The first-order valence-electron chi connectivity index (χ1n) is 6.14. The smallest absolute Gasteiger partial charge is 0.324 e. The molecule has 6 heteroatoms. The summed E-state index contributed by atoms with van der Waals surface area (Å²) in [5, 5.41) is 0. The summed E-state index contributed by atoms with van der Waals surface area (Å²) >= 11 is 0. The van der Waals surface area contributed by atoms with Crippen LogP contribution in [0.4, 0.5) is 22.0 Å². The topological polar surface area (TPSA) is 26.0 Å². The number of hydrogen-bond donors (Lipinski definition) is 1. The predicted molar refractivity (Wildman–Crippen MR) is 68.4 cm³/mol. The molecule has 0 fully saturated rings. The third kappa shape index (κ3) is 3.78. The van der Waals surface area contributed by atoms with Crippen molar-refractivity contribution < 1.29 is 22.0 Å². The van der Waals surface area contributed by atoms with Gasteiger partial charge in [-0.25, -0.2) is 8.78 Å². The summed E-state index contributed by atoms with van der Waals surface area (Å²) in [5.41, 5.74) is 5.50. The minimum atomic E-state index is -4.73. The van der Waals surface area contributed by atoms with Crippen molar-refractivity contribution in [3.63, 3.8) is 0 Å². The predicted octanol–water partition coefficient (Wildman–Crippen LogP) is 4.23. The number of halogens is 5. The highest BCUT2D eigenvalue weighted by Gasteiger charge is 2.34. The molecule has 0 aromatic heterocycles. The second-order valence-corrected chi connectivity index (χ2v) is 4.67. The Morgan fingerprint density at radius 2 is 1.57 bits per heavy atom. The minimum absolute atomic E-state index is 0.254. The zero-order valence-electron chi connectivity index (χ0n) is 10.8. The van der Waals surface area contributed by atoms with Gasteiger partial charge in [0.15, 0.2) is 0 Å². The van der Waals surface area contributed by atoms with Gasteiger partial charge < -0.3 is 5.73 Å². The molecule has 2 aromatic rings. The lowest BCUT2D eigenvalue weighted by molar-refractivity contribution is -0.140. The number of nitrogens with two attached hydrogens (primary N) is 1. The van der Waals surface area contributed by atoms with Crippen LogP contribution in [0.5, 0.6) is 0 Å². The fraction of sp³-hybridized carbons (Fsp3) is 0.200. The maximum atomic E-state index is 13.5. The molecule has 1 unspecified atom stereocenters. The van der Waals surface area contributed by atoms with E-state index in [-0.39, 0.29) is 12.0 Å². The van der Waals surface area contributed by atoms with Crippen molar-refractivity contribution in [3.05, 3.63) is 70.8 Å². The average Bonchev–Trinajstić information content (AvgIpc) is 2.39. The van der Waals surface area contributed by atoms with Crippen LogP contribution in [0.1, 0.15) is 22.7 Å². The molecule has 0 aliphatic carbocycles. The third-order valence-corrected chi connectivity index (χ3v) is 3.10. The Morgan fingerprint density at radius 3 is 2.10 bits per heavy atom. The van der Waals surface area contributed by atoms with E-state index < -0.39 is 29.4 Å². The van der Waals surface area contributed by atoms with Crippen LogP contribution in [0.15, 0.2) is 42.5 Å². The van der Waals surface area contributed by atoms with Gasteiger partial charge in [-0.05, 0) is 41.8 Å². The van der Waals surface area contributed by atoms with E-state index >= 15 is 0 Å². The molecule has 1 nitrogen and oxygen atoms in total. The molecular formula is C15H12F5N. The van der Waals surface area contributed by atoms with Crippen molar-refractivity contribution in [1.82, 2.24) is 0 Å². The van der Waals surface area contributed by atoms with Crippen LogP contribution in [-0.4, -0.2) is 0 Å². The van der Waals surface area contributed by atoms with E-state index in [1.807, 2.05) is 0 Å². The fourth-order valence-electron chi connectivity index (χ4n) is 1.98. The van der Waals surface area contributed by atoms with Crippen molar-refractivity contribution in [3.8, 4) is 0 Å². The van der Waals surface area contributed by atoms with Gasteiger partial charge in [-0.3, -0.25) is 0 Å². The van der Waals surface area contributed by atoms with Crippen molar-refractivity contribution in [1.29, 1.82) is 0 Å². The summed E-state index contributed by atoms with van der Waals surface area (Å²) in [6.07, 6.45) is -4.46. The highest BCUT2D eigenvalue weighted by molar-refractivity contribution is 5.30. The van der Waals surface area contributed by atoms with Gasteiger partial charge in [-0.15, -0.1) is 0 Å². The lowest BCUT2D eigenvalue weighted by Crippen LogP contribution is -2.15. The molecule has 2 aromatic carbocycles. The summed E-state index contributed by atoms with van der Waals surface area (Å²) in [6.45, 7) is 0. The Kier molecular flexibility index (Phi) is 4.27. The molecule has 2 rings (SSSR count). The monoisotopic (exact) mass is 301 g/mol. The molecule has 0 aliphatic heterocycles. The molecule has 112 valence electrons. The zero-order chi connectivity index (χ0) is 15.6. The molecule has 1 atom stereocenters. The molecule has 0 saturated carbocycles. The van der Waals surface area contributed by atoms with Crippen LogP contribution in [0.25, 0.3) is 0 Å². The second kappa shape index (κ2) is 5.81. The number of hydrogen-bond acceptors (Lipinski definition) is 1. The van der Waals surface area contributed by atoms with Crippen LogP contribution < -0.4 is 5.73 Å². The van der Waals surface area contributed by atoms with E-state index in [0.717, 1.165) is 12.1 Å². The molecule has 0 bridgehead atoms. The lowest BCUT2D eigenvalue weighted by atomic mass is 9.98. The van der Waals surface area contributed by atoms with Crippen molar-refractivity contribution in [2.24, 2.45) is 5.73 Å². The summed E-state index contributed by atoms with van der Waals surface area (Å²) in [6, 6.07) is 7.51. The van der Waals surface area contributed by atoms with Crippen molar-refractivity contribution in [2.75, 3.05) is 0 Å². The molecule has 0 heterocycles. The Bertz CT molecular complexity index is 619. The first-order valence-corrected chi connectivity index (χ1v) is 6.14. The van der Waals surface area contributed by atoms with Gasteiger partial charge in [-0.1, -0.05) is 18.2 Å². The van der Waals surface area contributed by atoms with E-state index in [4.69, 9.17) is 5.73 Å². The average molecular weight is 301 g/mol. The Hall–Kier alpha value is -1.95. The minimum Gasteiger partial charge on any atom is -0.324 e. The molecule has 0 saturated heterocycles. The molecule has 2 N–H and O–H groups in total. The normalized spacial score (nSPS) is 13.2. The Morgan fingerprint density at radius 1 is 0.952 bits per heavy atom. The largest absolute Gasteiger partial charge is 0.419 e. The van der Waals surface area contributed by atoms with Gasteiger partial charge >= 0.3 is 6.18 Å². The quantitative estimate of drug-likeness (QED) is 0.844. The van der Waals surface area contributed by atoms with E-state index in [2.05, 4.69) is 0 Å². The van der Waals surface area contributed by atoms with Crippen LogP contribution in [0, 0.1) is 11.6 Å². The highest BCUT2D eigenvalue weighted by Crippen LogP contribution is 2.32. The maximum Gasteiger partial charge on any atom is 0.419 e. The van der Waals surface area contributed by atoms with Crippen LogP contribution in [0.3, 0.4) is 0 Å². The number of rotatable bonds is 3. The summed E-state index contributed by atoms with van der Waals surface area (Å²) in [5.74, 6) is -1.75. The highest BCUT2D eigenvalue weighted by atomic mass is 19.4. The molecular weight excluding hydrogens is 289 g/mol. The van der Waals surface area contributed by atoms with Gasteiger partial charge in [0.2, 0.25) is 0 Å². The number of benzene rings is 2. The molecule has 0 aliphatic rings. The zero-order valence-corrected chi connectivity index (χ0v) is 10.8.